The van der Waals surface area contributed by atoms with Gasteiger partial charge in [0.25, 0.3) is 0 Å². The average molecular weight is 662 g/mol. The first kappa shape index (κ1) is 38.8. The number of hydrogen-bond donors (Lipinski definition) is 7. The molecule has 0 aromatic carbocycles. The van der Waals surface area contributed by atoms with Crippen LogP contribution in [-0.4, -0.2) is 69.0 Å². The minimum Gasteiger partial charge on any atom is -0.481 e. The molecule has 2 unspecified atom stereocenters. The van der Waals surface area contributed by atoms with Crippen LogP contribution in [0.15, 0.2) is 12.2 Å². The third-order valence-corrected chi connectivity index (χ3v) is 12.7. The smallest absolute Gasteiger partial charge is 0.309 e. The molecule has 3 aliphatic carbocycles. The molecule has 1 heterocycles. The quantitative estimate of drug-likeness (QED) is 0.0597. The van der Waals surface area contributed by atoms with Crippen LogP contribution in [0.3, 0.4) is 0 Å². The van der Waals surface area contributed by atoms with Crippen LogP contribution >= 0.6 is 0 Å². The van der Waals surface area contributed by atoms with Gasteiger partial charge in [0.15, 0.2) is 0 Å². The molecule has 0 bridgehead atoms. The lowest BCUT2D eigenvalue weighted by Crippen LogP contribution is -2.45. The predicted octanol–water partition coefficient (Wildman–Crippen LogP) is 6.27. The van der Waals surface area contributed by atoms with Gasteiger partial charge in [-0.3, -0.25) is 4.79 Å². The van der Waals surface area contributed by atoms with Gasteiger partial charge in [0, 0.05) is 11.5 Å². The first-order valence-corrected chi connectivity index (χ1v) is 19.7. The second-order valence-electron chi connectivity index (χ2n) is 16.8. The number of aliphatic carboxylic acids is 1. The molecular weight excluding hydrogens is 590 g/mol. The predicted molar refractivity (Wildman–Crippen MR) is 190 cm³/mol. The first-order chi connectivity index (χ1) is 22.5. The fourth-order valence-corrected chi connectivity index (χ4v) is 9.67. The number of aliphatic hydroxyl groups is 3. The largest absolute Gasteiger partial charge is 0.481 e. The SMILES string of the molecule is CCCCC[C@H]1C=C[C@@H](CCCCC[C@H](C(=O)O)[C@H](O)CC[C@@]2(O)C[C@@H](CNC3(C)CCCC3)[C@H](CC3CCNC(N)C3)C2)[C@H](O)C1. The Labute approximate surface area is 286 Å². The normalized spacial score (nSPS) is 35.2. The molecule has 4 aliphatic rings. The highest BCUT2D eigenvalue weighted by molar-refractivity contribution is 5.70. The lowest BCUT2D eigenvalue weighted by molar-refractivity contribution is -0.146. The number of carboxylic acid groups (broad SMARTS) is 1. The third-order valence-electron chi connectivity index (χ3n) is 12.7. The molecule has 1 aliphatic heterocycles. The van der Waals surface area contributed by atoms with Crippen molar-refractivity contribution in [1.82, 2.24) is 10.6 Å². The minimum absolute atomic E-state index is 0.0506. The van der Waals surface area contributed by atoms with Gasteiger partial charge in [-0.15, -0.1) is 0 Å². The molecule has 0 spiro atoms. The molecule has 4 rings (SSSR count). The summed E-state index contributed by atoms with van der Waals surface area (Å²) in [6, 6.07) is 0. The van der Waals surface area contributed by atoms with Crippen molar-refractivity contribution < 1.29 is 25.2 Å². The van der Waals surface area contributed by atoms with Gasteiger partial charge in [0.05, 0.1) is 29.9 Å². The van der Waals surface area contributed by atoms with E-state index in [1.807, 2.05) is 0 Å². The van der Waals surface area contributed by atoms with E-state index < -0.39 is 23.6 Å². The highest BCUT2D eigenvalue weighted by Crippen LogP contribution is 2.46. The molecule has 0 aromatic heterocycles. The number of aliphatic hydroxyl groups excluding tert-OH is 2. The standard InChI is InChI=1S/C39H71N3O5/c1-3-4-6-11-28-14-15-30(35(44)23-28)12-7-5-8-13-33(37(45)46)34(43)16-20-39(47)25-31(22-29-17-21-41-36(40)24-29)32(26-39)27-42-38(2)18-9-10-19-38/h14-15,28-36,41-44,47H,3-13,16-27,40H2,1-2H3,(H,45,46)/t28-,29?,30+,31+,32-,33-,34+,35+,36?,39-/m0/s1. The van der Waals surface area contributed by atoms with Crippen LogP contribution in [-0.2, 0) is 4.79 Å². The van der Waals surface area contributed by atoms with Gasteiger partial charge in [-0.05, 0) is 127 Å². The fraction of sp³-hybridized carbons (Fsp3) is 0.923. The summed E-state index contributed by atoms with van der Waals surface area (Å²) < 4.78 is 0. The number of carboxylic acids is 1. The van der Waals surface area contributed by atoms with Crippen molar-refractivity contribution in [2.75, 3.05) is 13.1 Å². The van der Waals surface area contributed by atoms with Crippen molar-refractivity contribution in [2.45, 2.75) is 178 Å². The number of hydrogen-bond acceptors (Lipinski definition) is 7. The molecule has 8 heteroatoms. The summed E-state index contributed by atoms with van der Waals surface area (Å²) in [6.45, 7) is 6.42. The van der Waals surface area contributed by atoms with Gasteiger partial charge >= 0.3 is 5.97 Å². The Balaban J connectivity index is 1.22. The Bertz CT molecular complexity index is 957. The van der Waals surface area contributed by atoms with Crippen molar-refractivity contribution in [3.05, 3.63) is 12.2 Å². The third kappa shape index (κ3) is 12.4. The number of carbonyl (C=O) groups is 1. The van der Waals surface area contributed by atoms with Crippen molar-refractivity contribution in [3.8, 4) is 0 Å². The highest BCUT2D eigenvalue weighted by Gasteiger charge is 2.45. The summed E-state index contributed by atoms with van der Waals surface area (Å²) in [6.07, 6.45) is 23.3. The summed E-state index contributed by atoms with van der Waals surface area (Å²) in [5, 5.41) is 50.9. The molecule has 2 saturated carbocycles. The molecule has 8 N–H and O–H groups in total. The lowest BCUT2D eigenvalue weighted by atomic mass is 9.81. The van der Waals surface area contributed by atoms with Crippen LogP contribution in [0.25, 0.3) is 0 Å². The zero-order chi connectivity index (χ0) is 33.9. The van der Waals surface area contributed by atoms with E-state index in [1.165, 1.54) is 44.9 Å². The second kappa shape index (κ2) is 18.8. The molecule has 3 fully saturated rings. The van der Waals surface area contributed by atoms with Gasteiger partial charge in [0.1, 0.15) is 0 Å². The Hall–Kier alpha value is -1.03. The van der Waals surface area contributed by atoms with Gasteiger partial charge in [-0.2, -0.15) is 0 Å². The molecule has 47 heavy (non-hydrogen) atoms. The number of nitrogens with one attached hydrogen (secondary N) is 2. The van der Waals surface area contributed by atoms with E-state index in [0.29, 0.717) is 49.4 Å². The molecule has 0 amide bonds. The second-order valence-corrected chi connectivity index (χ2v) is 16.8. The van der Waals surface area contributed by atoms with Crippen molar-refractivity contribution in [2.24, 2.45) is 41.2 Å². The van der Waals surface area contributed by atoms with E-state index >= 15 is 0 Å². The Kier molecular flexibility index (Phi) is 15.5. The molecule has 272 valence electrons. The van der Waals surface area contributed by atoms with E-state index in [-0.39, 0.29) is 23.7 Å². The van der Waals surface area contributed by atoms with Gasteiger partial charge in [0.2, 0.25) is 0 Å². The number of piperidine rings is 1. The maximum absolute atomic E-state index is 12.2. The Morgan fingerprint density at radius 1 is 1.02 bits per heavy atom. The Morgan fingerprint density at radius 3 is 2.47 bits per heavy atom. The molecule has 0 aromatic rings. The highest BCUT2D eigenvalue weighted by atomic mass is 16.4. The fourth-order valence-electron chi connectivity index (χ4n) is 9.67. The number of nitrogens with two attached hydrogens (primary N) is 1. The van der Waals surface area contributed by atoms with E-state index in [4.69, 9.17) is 5.73 Å². The van der Waals surface area contributed by atoms with E-state index in [0.717, 1.165) is 77.3 Å². The molecule has 8 nitrogen and oxygen atoms in total. The number of rotatable bonds is 20. The average Bonchev–Trinajstić information content (AvgIpc) is 3.60. The first-order valence-electron chi connectivity index (χ1n) is 19.7. The molecule has 10 atom stereocenters. The maximum atomic E-state index is 12.2. The van der Waals surface area contributed by atoms with Gasteiger partial charge in [-0.25, -0.2) is 0 Å². The summed E-state index contributed by atoms with van der Waals surface area (Å²) >= 11 is 0. The van der Waals surface area contributed by atoms with Crippen LogP contribution in [0.4, 0.5) is 0 Å². The summed E-state index contributed by atoms with van der Waals surface area (Å²) in [7, 11) is 0. The van der Waals surface area contributed by atoms with E-state index in [1.54, 1.807) is 0 Å². The van der Waals surface area contributed by atoms with Crippen LogP contribution in [0, 0.1) is 35.5 Å². The topological polar surface area (TPSA) is 148 Å². The Morgan fingerprint density at radius 2 is 1.77 bits per heavy atom. The van der Waals surface area contributed by atoms with Gasteiger partial charge < -0.3 is 36.8 Å². The van der Waals surface area contributed by atoms with Gasteiger partial charge in [-0.1, -0.05) is 70.4 Å². The van der Waals surface area contributed by atoms with E-state index in [9.17, 15) is 25.2 Å². The van der Waals surface area contributed by atoms with Crippen LogP contribution in [0.5, 0.6) is 0 Å². The zero-order valence-electron chi connectivity index (χ0n) is 29.9. The molecular formula is C39H71N3O5. The number of allylic oxidation sites excluding steroid dienone is 1. The summed E-state index contributed by atoms with van der Waals surface area (Å²) in [5.41, 5.74) is 5.56. The zero-order valence-corrected chi connectivity index (χ0v) is 29.9. The summed E-state index contributed by atoms with van der Waals surface area (Å²) in [5.74, 6) is 0.287. The number of unbranched alkanes of at least 4 members (excludes halogenated alkanes) is 4. The van der Waals surface area contributed by atoms with Crippen LogP contribution < -0.4 is 16.4 Å². The van der Waals surface area contributed by atoms with E-state index in [2.05, 4.69) is 36.6 Å². The monoisotopic (exact) mass is 662 g/mol. The van der Waals surface area contributed by atoms with Crippen molar-refractivity contribution >= 4 is 5.97 Å². The molecule has 0 radical (unpaired) electrons. The summed E-state index contributed by atoms with van der Waals surface area (Å²) in [4.78, 5) is 12.2. The van der Waals surface area contributed by atoms with Crippen molar-refractivity contribution in [1.29, 1.82) is 0 Å². The van der Waals surface area contributed by atoms with Crippen molar-refractivity contribution in [3.63, 3.8) is 0 Å². The lowest BCUT2D eigenvalue weighted by Gasteiger charge is -2.33. The minimum atomic E-state index is -0.959. The van der Waals surface area contributed by atoms with Crippen LogP contribution in [0.1, 0.15) is 149 Å². The van der Waals surface area contributed by atoms with Crippen LogP contribution in [0.2, 0.25) is 0 Å². The maximum Gasteiger partial charge on any atom is 0.309 e. The molecule has 1 saturated heterocycles.